The van der Waals surface area contributed by atoms with Crippen LogP contribution in [0.3, 0.4) is 0 Å². The molecule has 2 rings (SSSR count). The van der Waals surface area contributed by atoms with E-state index in [0.717, 1.165) is 0 Å². The molecule has 0 saturated heterocycles. The Labute approximate surface area is 176 Å². The molecular weight excluding hydrogens is 416 g/mol. The van der Waals surface area contributed by atoms with E-state index in [4.69, 9.17) is 16.3 Å². The lowest BCUT2D eigenvalue weighted by molar-refractivity contribution is 0.0208. The lowest BCUT2D eigenvalue weighted by Gasteiger charge is -2.33. The molecule has 0 aliphatic heterocycles. The van der Waals surface area contributed by atoms with Crippen LogP contribution in [0.25, 0.3) is 10.8 Å². The quantitative estimate of drug-likeness (QED) is 0.695. The maximum Gasteiger partial charge on any atom is 0.411 e. The number of rotatable bonds is 7. The summed E-state index contributed by atoms with van der Waals surface area (Å²) in [4.78, 5) is 18.0. The number of fused-ring (bicyclic) bond motifs is 1. The minimum absolute atomic E-state index is 0.0341. The number of pyridine rings is 1. The van der Waals surface area contributed by atoms with Gasteiger partial charge in [0.1, 0.15) is 11.0 Å². The molecule has 0 saturated carbocycles. The fraction of sp³-hybridized carbons (Fsp3) is 0.500. The van der Waals surface area contributed by atoms with Crippen LogP contribution in [0.15, 0.2) is 35.5 Å². The van der Waals surface area contributed by atoms with E-state index in [1.54, 1.807) is 46.0 Å². The SMILES string of the molecule is CCC(N(CCCO)C(=O)OC(C)(C)C)S(=O)(=O)c1cccc2cncc(Cl)c12. The van der Waals surface area contributed by atoms with Crippen molar-refractivity contribution in [1.29, 1.82) is 0 Å². The highest BCUT2D eigenvalue weighted by atomic mass is 35.5. The largest absolute Gasteiger partial charge is 0.444 e. The van der Waals surface area contributed by atoms with Gasteiger partial charge in [-0.15, -0.1) is 0 Å². The molecule has 0 radical (unpaired) electrons. The first-order chi connectivity index (χ1) is 13.5. The lowest BCUT2D eigenvalue weighted by atomic mass is 10.2. The van der Waals surface area contributed by atoms with Crippen LogP contribution in [0, 0.1) is 0 Å². The number of hydrogen-bond donors (Lipinski definition) is 1. The van der Waals surface area contributed by atoms with E-state index in [-0.39, 0.29) is 35.9 Å². The van der Waals surface area contributed by atoms with Crippen LogP contribution in [0.4, 0.5) is 4.79 Å². The van der Waals surface area contributed by atoms with Crippen LogP contribution in [0.2, 0.25) is 5.02 Å². The van der Waals surface area contributed by atoms with Gasteiger partial charge in [-0.3, -0.25) is 9.88 Å². The molecule has 0 aliphatic rings. The van der Waals surface area contributed by atoms with Crippen molar-refractivity contribution >= 4 is 38.3 Å². The summed E-state index contributed by atoms with van der Waals surface area (Å²) in [5.41, 5.74) is -0.787. The van der Waals surface area contributed by atoms with Gasteiger partial charge in [0, 0.05) is 36.3 Å². The van der Waals surface area contributed by atoms with Crippen LogP contribution in [-0.2, 0) is 14.6 Å². The molecule has 0 aliphatic carbocycles. The number of ether oxygens (including phenoxy) is 1. The first-order valence-corrected chi connectivity index (χ1v) is 11.3. The maximum absolute atomic E-state index is 13.6. The average Bonchev–Trinajstić information content (AvgIpc) is 2.63. The van der Waals surface area contributed by atoms with E-state index < -0.39 is 26.9 Å². The number of hydrogen-bond acceptors (Lipinski definition) is 6. The lowest BCUT2D eigenvalue weighted by Crippen LogP contribution is -2.47. The van der Waals surface area contributed by atoms with E-state index in [9.17, 15) is 18.3 Å². The predicted octanol–water partition coefficient (Wildman–Crippen LogP) is 4.02. The van der Waals surface area contributed by atoms with Crippen LogP contribution >= 0.6 is 11.6 Å². The van der Waals surface area contributed by atoms with Gasteiger partial charge in [-0.1, -0.05) is 30.7 Å². The number of halogens is 1. The average molecular weight is 443 g/mol. The molecule has 0 bridgehead atoms. The van der Waals surface area contributed by atoms with Crippen molar-refractivity contribution in [2.24, 2.45) is 0 Å². The van der Waals surface area contributed by atoms with E-state index >= 15 is 0 Å². The van der Waals surface area contributed by atoms with Crippen LogP contribution in [0.5, 0.6) is 0 Å². The summed E-state index contributed by atoms with van der Waals surface area (Å²) in [7, 11) is -4.00. The summed E-state index contributed by atoms with van der Waals surface area (Å²) in [6, 6.07) is 4.82. The number of aliphatic hydroxyl groups excluding tert-OH is 1. The molecule has 1 aromatic carbocycles. The zero-order chi connectivity index (χ0) is 21.8. The van der Waals surface area contributed by atoms with Gasteiger partial charge < -0.3 is 9.84 Å². The molecule has 1 N–H and O–H groups in total. The zero-order valence-corrected chi connectivity index (χ0v) is 18.6. The molecule has 0 spiro atoms. The van der Waals surface area contributed by atoms with Crippen LogP contribution in [0.1, 0.15) is 40.5 Å². The van der Waals surface area contributed by atoms with Crippen molar-refractivity contribution in [1.82, 2.24) is 9.88 Å². The normalized spacial score (nSPS) is 13.3. The summed E-state index contributed by atoms with van der Waals surface area (Å²) in [5.74, 6) is 0. The first-order valence-electron chi connectivity index (χ1n) is 9.39. The molecule has 1 unspecified atom stereocenters. The van der Waals surface area contributed by atoms with E-state index in [1.165, 1.54) is 17.2 Å². The standard InChI is InChI=1S/C20H27ClN2O5S/c1-5-17(23(10-7-11-24)19(25)28-20(2,3)4)29(26,27)16-9-6-8-14-12-22-13-15(21)18(14)16/h6,8-9,12-13,17,24H,5,7,10-11H2,1-4H3. The number of carbonyl (C=O) groups excluding carboxylic acids is 1. The maximum atomic E-state index is 13.6. The monoisotopic (exact) mass is 442 g/mol. The topological polar surface area (TPSA) is 96.8 Å². The first kappa shape index (κ1) is 23.4. The summed E-state index contributed by atoms with van der Waals surface area (Å²) in [6.07, 6.45) is 2.56. The highest BCUT2D eigenvalue weighted by molar-refractivity contribution is 7.92. The Balaban J connectivity index is 2.58. The van der Waals surface area contributed by atoms with E-state index in [0.29, 0.717) is 10.8 Å². The van der Waals surface area contributed by atoms with Gasteiger partial charge in [0.15, 0.2) is 9.84 Å². The molecule has 0 fully saturated rings. The van der Waals surface area contributed by atoms with Crippen molar-refractivity contribution in [3.8, 4) is 0 Å². The van der Waals surface area contributed by atoms with Crippen molar-refractivity contribution in [2.45, 2.75) is 56.4 Å². The third-order valence-electron chi connectivity index (χ3n) is 4.25. The number of nitrogens with zero attached hydrogens (tertiary/aromatic N) is 2. The van der Waals surface area contributed by atoms with Gasteiger partial charge in [-0.05, 0) is 39.7 Å². The molecule has 1 aromatic heterocycles. The van der Waals surface area contributed by atoms with Gasteiger partial charge in [0.05, 0.1) is 9.92 Å². The molecule has 1 atom stereocenters. The number of sulfone groups is 1. The Morgan fingerprint density at radius 2 is 2.00 bits per heavy atom. The highest BCUT2D eigenvalue weighted by Crippen LogP contribution is 2.33. The minimum atomic E-state index is -4.00. The third-order valence-corrected chi connectivity index (χ3v) is 6.79. The highest BCUT2D eigenvalue weighted by Gasteiger charge is 2.37. The molecule has 1 amide bonds. The summed E-state index contributed by atoms with van der Waals surface area (Å²) in [5, 5.41) is 9.24. The molecule has 2 aromatic rings. The minimum Gasteiger partial charge on any atom is -0.444 e. The second kappa shape index (κ2) is 9.28. The number of aliphatic hydroxyl groups is 1. The Kier molecular flexibility index (Phi) is 7.48. The molecular formula is C20H27ClN2O5S. The van der Waals surface area contributed by atoms with Gasteiger partial charge in [-0.25, -0.2) is 13.2 Å². The Hall–Kier alpha value is -1.90. The fourth-order valence-corrected chi connectivity index (χ4v) is 5.43. The van der Waals surface area contributed by atoms with Crippen molar-refractivity contribution in [3.63, 3.8) is 0 Å². The predicted molar refractivity (Wildman–Crippen MR) is 113 cm³/mol. The Bertz CT molecular complexity index is 967. The van der Waals surface area contributed by atoms with Gasteiger partial charge >= 0.3 is 6.09 Å². The van der Waals surface area contributed by atoms with Gasteiger partial charge in [0.2, 0.25) is 0 Å². The number of amides is 1. The number of aromatic nitrogens is 1. The van der Waals surface area contributed by atoms with Crippen molar-refractivity contribution in [3.05, 3.63) is 35.6 Å². The molecule has 7 nitrogen and oxygen atoms in total. The molecule has 160 valence electrons. The van der Waals surface area contributed by atoms with Crippen molar-refractivity contribution < 1.29 is 23.1 Å². The second-order valence-electron chi connectivity index (χ2n) is 7.63. The Morgan fingerprint density at radius 1 is 1.31 bits per heavy atom. The second-order valence-corrected chi connectivity index (χ2v) is 10.1. The molecule has 1 heterocycles. The van der Waals surface area contributed by atoms with E-state index in [2.05, 4.69) is 4.98 Å². The third kappa shape index (κ3) is 5.38. The van der Waals surface area contributed by atoms with Crippen molar-refractivity contribution in [2.75, 3.05) is 13.2 Å². The van der Waals surface area contributed by atoms with Gasteiger partial charge in [0.25, 0.3) is 0 Å². The Morgan fingerprint density at radius 3 is 2.59 bits per heavy atom. The smallest absolute Gasteiger partial charge is 0.411 e. The summed E-state index contributed by atoms with van der Waals surface area (Å²) < 4.78 is 32.7. The van der Waals surface area contributed by atoms with Crippen LogP contribution in [-0.4, -0.2) is 53.6 Å². The van der Waals surface area contributed by atoms with Crippen LogP contribution < -0.4 is 0 Å². The van der Waals surface area contributed by atoms with Gasteiger partial charge in [-0.2, -0.15) is 0 Å². The fourth-order valence-electron chi connectivity index (χ4n) is 3.06. The summed E-state index contributed by atoms with van der Waals surface area (Å²) >= 11 is 6.26. The summed E-state index contributed by atoms with van der Waals surface area (Å²) in [6.45, 7) is 6.68. The zero-order valence-electron chi connectivity index (χ0n) is 17.1. The molecule has 29 heavy (non-hydrogen) atoms. The number of benzene rings is 1. The van der Waals surface area contributed by atoms with E-state index in [1.807, 2.05) is 0 Å². The molecule has 9 heteroatoms. The number of carbonyl (C=O) groups is 1.